The summed E-state index contributed by atoms with van der Waals surface area (Å²) in [5.74, 6) is 3.38. The second-order valence-electron chi connectivity index (χ2n) is 4.37. The molecule has 0 radical (unpaired) electrons. The van der Waals surface area contributed by atoms with E-state index in [4.69, 9.17) is 10.5 Å². The maximum Gasteiger partial charge on any atom is 0.124 e. The van der Waals surface area contributed by atoms with Crippen LogP contribution in [0.5, 0.6) is 5.75 Å². The second kappa shape index (κ2) is 7.02. The first-order valence-electron chi connectivity index (χ1n) is 6.60. The number of nitrogens with zero attached hydrogens (tertiary/aromatic N) is 1. The molecule has 18 heavy (non-hydrogen) atoms. The van der Waals surface area contributed by atoms with Crippen molar-refractivity contribution < 1.29 is 4.74 Å². The summed E-state index contributed by atoms with van der Waals surface area (Å²) in [6.45, 7) is 5.60. The molecule has 3 nitrogen and oxygen atoms in total. The minimum atomic E-state index is 0.286. The number of thioether (sulfide) groups is 1. The van der Waals surface area contributed by atoms with Crippen molar-refractivity contribution >= 4 is 11.8 Å². The van der Waals surface area contributed by atoms with Gasteiger partial charge in [0.2, 0.25) is 0 Å². The molecule has 2 N–H and O–H groups in total. The molecule has 1 fully saturated rings. The summed E-state index contributed by atoms with van der Waals surface area (Å²) in [6.07, 6.45) is 0. The quantitative estimate of drug-likeness (QED) is 0.886. The van der Waals surface area contributed by atoms with E-state index in [2.05, 4.69) is 17.0 Å². The van der Waals surface area contributed by atoms with Crippen molar-refractivity contribution in [2.45, 2.75) is 13.0 Å². The van der Waals surface area contributed by atoms with Crippen LogP contribution in [0.25, 0.3) is 0 Å². The van der Waals surface area contributed by atoms with E-state index in [1.165, 1.54) is 17.1 Å². The minimum Gasteiger partial charge on any atom is -0.494 e. The molecular weight excluding hydrogens is 244 g/mol. The highest BCUT2D eigenvalue weighted by Gasteiger charge is 2.23. The highest BCUT2D eigenvalue weighted by molar-refractivity contribution is 7.99. The molecule has 0 aromatic heterocycles. The predicted molar refractivity (Wildman–Crippen MR) is 78.3 cm³/mol. The van der Waals surface area contributed by atoms with Gasteiger partial charge in [-0.1, -0.05) is 18.2 Å². The Kier molecular flexibility index (Phi) is 5.35. The average Bonchev–Trinajstić information content (AvgIpc) is 2.43. The second-order valence-corrected chi connectivity index (χ2v) is 5.60. The van der Waals surface area contributed by atoms with Crippen molar-refractivity contribution in [2.24, 2.45) is 5.73 Å². The van der Waals surface area contributed by atoms with Gasteiger partial charge in [0.15, 0.2) is 0 Å². The first-order chi connectivity index (χ1) is 8.86. The standard InChI is InChI=1S/C14H22N2OS/c1-2-17-14-6-4-3-5-12(14)13(11-15)16-7-9-18-10-8-16/h3-6,13H,2,7-11,15H2,1H3. The van der Waals surface area contributed by atoms with Gasteiger partial charge in [-0.15, -0.1) is 0 Å². The van der Waals surface area contributed by atoms with E-state index in [1.54, 1.807) is 0 Å². The van der Waals surface area contributed by atoms with Crippen molar-refractivity contribution in [3.8, 4) is 5.75 Å². The molecule has 1 heterocycles. The molecule has 0 amide bonds. The lowest BCUT2D eigenvalue weighted by Gasteiger charge is -2.34. The van der Waals surface area contributed by atoms with Crippen molar-refractivity contribution in [2.75, 3.05) is 37.7 Å². The van der Waals surface area contributed by atoms with E-state index in [0.717, 1.165) is 18.8 Å². The van der Waals surface area contributed by atoms with Gasteiger partial charge in [-0.05, 0) is 13.0 Å². The number of nitrogens with two attached hydrogens (primary N) is 1. The first-order valence-corrected chi connectivity index (χ1v) is 7.76. The molecule has 2 rings (SSSR count). The Balaban J connectivity index is 2.20. The molecule has 0 aliphatic carbocycles. The van der Waals surface area contributed by atoms with E-state index >= 15 is 0 Å². The van der Waals surface area contributed by atoms with Crippen LogP contribution < -0.4 is 10.5 Å². The predicted octanol–water partition coefficient (Wildman–Crippen LogP) is 2.13. The summed E-state index contributed by atoms with van der Waals surface area (Å²) in [5.41, 5.74) is 7.23. The third-order valence-corrected chi connectivity index (χ3v) is 4.23. The summed E-state index contributed by atoms with van der Waals surface area (Å²) < 4.78 is 5.72. The summed E-state index contributed by atoms with van der Waals surface area (Å²) >= 11 is 2.02. The number of rotatable bonds is 5. The van der Waals surface area contributed by atoms with E-state index < -0.39 is 0 Å². The van der Waals surface area contributed by atoms with E-state index in [9.17, 15) is 0 Å². The third-order valence-electron chi connectivity index (χ3n) is 3.29. The smallest absolute Gasteiger partial charge is 0.124 e. The lowest BCUT2D eigenvalue weighted by Crippen LogP contribution is -2.39. The fourth-order valence-electron chi connectivity index (χ4n) is 2.40. The average molecular weight is 266 g/mol. The van der Waals surface area contributed by atoms with Crippen LogP contribution in [0.15, 0.2) is 24.3 Å². The fraction of sp³-hybridized carbons (Fsp3) is 0.571. The lowest BCUT2D eigenvalue weighted by molar-refractivity contribution is 0.216. The van der Waals surface area contributed by atoms with E-state index in [1.807, 2.05) is 30.8 Å². The van der Waals surface area contributed by atoms with Gasteiger partial charge in [0.25, 0.3) is 0 Å². The van der Waals surface area contributed by atoms with Gasteiger partial charge in [-0.2, -0.15) is 11.8 Å². The maximum absolute atomic E-state index is 6.00. The van der Waals surface area contributed by atoms with Gasteiger partial charge >= 0.3 is 0 Å². The topological polar surface area (TPSA) is 38.5 Å². The van der Waals surface area contributed by atoms with Gasteiger partial charge in [0.05, 0.1) is 12.6 Å². The van der Waals surface area contributed by atoms with Gasteiger partial charge in [-0.25, -0.2) is 0 Å². The zero-order valence-electron chi connectivity index (χ0n) is 11.0. The highest BCUT2D eigenvalue weighted by atomic mass is 32.2. The Bertz CT molecular complexity index is 367. The largest absolute Gasteiger partial charge is 0.494 e. The van der Waals surface area contributed by atoms with Crippen LogP contribution in [-0.4, -0.2) is 42.6 Å². The van der Waals surface area contributed by atoms with Crippen LogP contribution in [-0.2, 0) is 0 Å². The van der Waals surface area contributed by atoms with Gasteiger partial charge < -0.3 is 10.5 Å². The summed E-state index contributed by atoms with van der Waals surface area (Å²) in [7, 11) is 0. The molecule has 1 atom stereocenters. The van der Waals surface area contributed by atoms with Gasteiger partial charge in [-0.3, -0.25) is 4.90 Å². The van der Waals surface area contributed by atoms with E-state index in [-0.39, 0.29) is 6.04 Å². The van der Waals surface area contributed by atoms with Crippen LogP contribution in [0.4, 0.5) is 0 Å². The highest BCUT2D eigenvalue weighted by Crippen LogP contribution is 2.30. The summed E-state index contributed by atoms with van der Waals surface area (Å²) in [6, 6.07) is 8.56. The molecular formula is C14H22N2OS. The van der Waals surface area contributed by atoms with Gasteiger partial charge in [0.1, 0.15) is 5.75 Å². The van der Waals surface area contributed by atoms with E-state index in [0.29, 0.717) is 13.2 Å². The monoisotopic (exact) mass is 266 g/mol. The Morgan fingerprint density at radius 1 is 1.33 bits per heavy atom. The molecule has 0 spiro atoms. The molecule has 1 saturated heterocycles. The number of benzene rings is 1. The molecule has 4 heteroatoms. The Morgan fingerprint density at radius 2 is 2.06 bits per heavy atom. The van der Waals surface area contributed by atoms with Crippen LogP contribution >= 0.6 is 11.8 Å². The third kappa shape index (κ3) is 3.19. The van der Waals surface area contributed by atoms with Crippen LogP contribution in [0.1, 0.15) is 18.5 Å². The number of ether oxygens (including phenoxy) is 1. The normalized spacial score (nSPS) is 18.6. The molecule has 0 saturated carbocycles. The van der Waals surface area contributed by atoms with Crippen LogP contribution in [0.3, 0.4) is 0 Å². The van der Waals surface area contributed by atoms with Crippen molar-refractivity contribution in [1.82, 2.24) is 4.90 Å². The molecule has 1 unspecified atom stereocenters. The number of hydrogen-bond donors (Lipinski definition) is 1. The van der Waals surface area contributed by atoms with Crippen molar-refractivity contribution in [3.05, 3.63) is 29.8 Å². The summed E-state index contributed by atoms with van der Waals surface area (Å²) in [5, 5.41) is 0. The zero-order valence-corrected chi connectivity index (χ0v) is 11.8. The Labute approximate surface area is 114 Å². The maximum atomic E-state index is 6.00. The SMILES string of the molecule is CCOc1ccccc1C(CN)N1CCSCC1. The first kappa shape index (κ1) is 13.7. The molecule has 0 bridgehead atoms. The van der Waals surface area contributed by atoms with Crippen molar-refractivity contribution in [3.63, 3.8) is 0 Å². The Morgan fingerprint density at radius 3 is 2.72 bits per heavy atom. The van der Waals surface area contributed by atoms with Crippen LogP contribution in [0, 0.1) is 0 Å². The van der Waals surface area contributed by atoms with Gasteiger partial charge in [0, 0.05) is 36.7 Å². The lowest BCUT2D eigenvalue weighted by atomic mass is 10.0. The molecule has 1 aliphatic heterocycles. The molecule has 1 aromatic rings. The number of hydrogen-bond acceptors (Lipinski definition) is 4. The molecule has 100 valence electrons. The molecule has 1 aliphatic rings. The molecule has 1 aromatic carbocycles. The minimum absolute atomic E-state index is 0.286. The summed E-state index contributed by atoms with van der Waals surface area (Å²) in [4.78, 5) is 2.48. The van der Waals surface area contributed by atoms with Crippen LogP contribution in [0.2, 0.25) is 0 Å². The Hall–Kier alpha value is -0.710. The van der Waals surface area contributed by atoms with Crippen molar-refractivity contribution in [1.29, 1.82) is 0 Å². The zero-order chi connectivity index (χ0) is 12.8. The number of para-hydroxylation sites is 1. The fourth-order valence-corrected chi connectivity index (χ4v) is 3.34.